The zero-order chi connectivity index (χ0) is 16.3. The molecule has 1 amide bonds. The van der Waals surface area contributed by atoms with E-state index in [-0.39, 0.29) is 33.9 Å². The highest BCUT2D eigenvalue weighted by Crippen LogP contribution is 2.19. The lowest BCUT2D eigenvalue weighted by Crippen LogP contribution is -2.16. The van der Waals surface area contributed by atoms with Crippen LogP contribution in [-0.2, 0) is 0 Å². The number of rotatable bonds is 4. The van der Waals surface area contributed by atoms with Crippen LogP contribution in [0.25, 0.3) is 0 Å². The van der Waals surface area contributed by atoms with Crippen molar-refractivity contribution < 1.29 is 18.8 Å². The monoisotopic (exact) mass is 299 g/mol. The Bertz CT molecular complexity index is 768. The van der Waals surface area contributed by atoms with Gasteiger partial charge in [-0.05, 0) is 38.1 Å². The van der Waals surface area contributed by atoms with Crippen LogP contribution in [0.2, 0.25) is 0 Å². The fourth-order valence-electron chi connectivity index (χ4n) is 2.02. The van der Waals surface area contributed by atoms with Crippen molar-refractivity contribution in [2.45, 2.75) is 13.8 Å². The topological polar surface area (TPSA) is 63.2 Å². The Hall–Kier alpha value is -2.82. The van der Waals surface area contributed by atoms with Crippen LogP contribution in [0.5, 0.6) is 0 Å². The Morgan fingerprint density at radius 3 is 2.14 bits per heavy atom. The standard InChI is InChI=1S/C17H14FNO3/c1-10(20)12-7-8-15(18)16(9-12)19-17(22)14-6-4-3-5-13(14)11(2)21/h3-9H,1-2H3,(H,19,22). The van der Waals surface area contributed by atoms with Crippen molar-refractivity contribution in [3.8, 4) is 0 Å². The molecule has 0 radical (unpaired) electrons. The molecule has 2 rings (SSSR count). The van der Waals surface area contributed by atoms with E-state index < -0.39 is 11.7 Å². The van der Waals surface area contributed by atoms with Gasteiger partial charge in [-0.3, -0.25) is 14.4 Å². The van der Waals surface area contributed by atoms with Gasteiger partial charge >= 0.3 is 0 Å². The zero-order valence-corrected chi connectivity index (χ0v) is 12.1. The van der Waals surface area contributed by atoms with E-state index in [2.05, 4.69) is 5.32 Å². The van der Waals surface area contributed by atoms with Gasteiger partial charge in [-0.2, -0.15) is 0 Å². The van der Waals surface area contributed by atoms with Gasteiger partial charge in [0, 0.05) is 11.1 Å². The highest BCUT2D eigenvalue weighted by Gasteiger charge is 2.16. The summed E-state index contributed by atoms with van der Waals surface area (Å²) in [4.78, 5) is 35.1. The number of hydrogen-bond acceptors (Lipinski definition) is 3. The second-order valence-corrected chi connectivity index (χ2v) is 4.81. The number of benzene rings is 2. The molecule has 0 aliphatic rings. The lowest BCUT2D eigenvalue weighted by atomic mass is 10.0. The van der Waals surface area contributed by atoms with Crippen molar-refractivity contribution in [2.75, 3.05) is 5.32 Å². The lowest BCUT2D eigenvalue weighted by Gasteiger charge is -2.10. The summed E-state index contributed by atoms with van der Waals surface area (Å²) in [5, 5.41) is 2.40. The van der Waals surface area contributed by atoms with E-state index in [1.165, 1.54) is 38.1 Å². The van der Waals surface area contributed by atoms with Crippen molar-refractivity contribution in [2.24, 2.45) is 0 Å². The number of anilines is 1. The minimum Gasteiger partial charge on any atom is -0.319 e. The molecular weight excluding hydrogens is 285 g/mol. The first-order valence-electron chi connectivity index (χ1n) is 6.62. The summed E-state index contributed by atoms with van der Waals surface area (Å²) in [6.45, 7) is 2.70. The molecule has 0 heterocycles. The molecule has 0 unspecified atom stereocenters. The smallest absolute Gasteiger partial charge is 0.256 e. The molecule has 0 atom stereocenters. The van der Waals surface area contributed by atoms with Crippen LogP contribution in [0, 0.1) is 5.82 Å². The van der Waals surface area contributed by atoms with E-state index in [1.807, 2.05) is 0 Å². The molecule has 0 fully saturated rings. The Balaban J connectivity index is 2.36. The van der Waals surface area contributed by atoms with Crippen molar-refractivity contribution >= 4 is 23.2 Å². The summed E-state index contributed by atoms with van der Waals surface area (Å²) < 4.78 is 13.8. The van der Waals surface area contributed by atoms with E-state index >= 15 is 0 Å². The largest absolute Gasteiger partial charge is 0.319 e. The molecule has 0 aliphatic carbocycles. The van der Waals surface area contributed by atoms with Crippen molar-refractivity contribution in [1.82, 2.24) is 0 Å². The Morgan fingerprint density at radius 2 is 1.55 bits per heavy atom. The fourth-order valence-corrected chi connectivity index (χ4v) is 2.02. The van der Waals surface area contributed by atoms with Crippen LogP contribution in [-0.4, -0.2) is 17.5 Å². The maximum Gasteiger partial charge on any atom is 0.256 e. The molecule has 2 aromatic rings. The summed E-state index contributed by atoms with van der Waals surface area (Å²) in [5.41, 5.74) is 0.596. The molecule has 0 aliphatic heterocycles. The van der Waals surface area contributed by atoms with Crippen LogP contribution < -0.4 is 5.32 Å². The van der Waals surface area contributed by atoms with Gasteiger partial charge in [-0.25, -0.2) is 4.39 Å². The molecule has 0 aromatic heterocycles. The fraction of sp³-hybridized carbons (Fsp3) is 0.118. The number of amides is 1. The zero-order valence-electron chi connectivity index (χ0n) is 12.1. The number of carbonyl (C=O) groups is 3. The number of Topliss-reactive ketones (excluding diaryl/α,β-unsaturated/α-hetero) is 2. The van der Waals surface area contributed by atoms with Crippen LogP contribution in [0.15, 0.2) is 42.5 Å². The molecule has 112 valence electrons. The summed E-state index contributed by atoms with van der Waals surface area (Å²) in [6, 6.07) is 10.00. The number of halogens is 1. The molecule has 0 saturated heterocycles. The molecule has 5 heteroatoms. The first kappa shape index (κ1) is 15.6. The quantitative estimate of drug-likeness (QED) is 0.879. The minimum atomic E-state index is -0.654. The average Bonchev–Trinajstić information content (AvgIpc) is 2.49. The second-order valence-electron chi connectivity index (χ2n) is 4.81. The summed E-state index contributed by atoms with van der Waals surface area (Å²) >= 11 is 0. The van der Waals surface area contributed by atoms with E-state index in [4.69, 9.17) is 0 Å². The predicted molar refractivity (Wildman–Crippen MR) is 80.8 cm³/mol. The molecule has 2 aromatic carbocycles. The molecule has 4 nitrogen and oxygen atoms in total. The van der Waals surface area contributed by atoms with E-state index in [9.17, 15) is 18.8 Å². The van der Waals surface area contributed by atoms with Gasteiger partial charge in [0.1, 0.15) is 5.82 Å². The van der Waals surface area contributed by atoms with Gasteiger partial charge in [-0.15, -0.1) is 0 Å². The van der Waals surface area contributed by atoms with E-state index in [1.54, 1.807) is 12.1 Å². The Morgan fingerprint density at radius 1 is 0.909 bits per heavy atom. The highest BCUT2D eigenvalue weighted by atomic mass is 19.1. The van der Waals surface area contributed by atoms with Crippen LogP contribution in [0.3, 0.4) is 0 Å². The van der Waals surface area contributed by atoms with Gasteiger partial charge in [0.15, 0.2) is 11.6 Å². The van der Waals surface area contributed by atoms with Crippen molar-refractivity contribution in [3.05, 3.63) is 65.0 Å². The third-order valence-electron chi connectivity index (χ3n) is 3.17. The SMILES string of the molecule is CC(=O)c1ccc(F)c(NC(=O)c2ccccc2C(C)=O)c1. The first-order chi connectivity index (χ1) is 10.4. The van der Waals surface area contributed by atoms with Crippen molar-refractivity contribution in [3.63, 3.8) is 0 Å². The minimum absolute atomic E-state index is 0.101. The van der Waals surface area contributed by atoms with Gasteiger partial charge in [-0.1, -0.05) is 18.2 Å². The lowest BCUT2D eigenvalue weighted by molar-refractivity contribution is 0.0985. The van der Waals surface area contributed by atoms with Gasteiger partial charge in [0.2, 0.25) is 0 Å². The Labute approximate surface area is 127 Å². The summed E-state index contributed by atoms with van der Waals surface area (Å²) in [7, 11) is 0. The maximum absolute atomic E-state index is 13.8. The van der Waals surface area contributed by atoms with Crippen LogP contribution >= 0.6 is 0 Å². The third kappa shape index (κ3) is 3.25. The second kappa shape index (κ2) is 6.30. The normalized spacial score (nSPS) is 10.1. The van der Waals surface area contributed by atoms with E-state index in [0.717, 1.165) is 6.07 Å². The van der Waals surface area contributed by atoms with Gasteiger partial charge < -0.3 is 5.32 Å². The summed E-state index contributed by atoms with van der Waals surface area (Å²) in [6.07, 6.45) is 0. The molecule has 1 N–H and O–H groups in total. The number of hydrogen-bond donors (Lipinski definition) is 1. The van der Waals surface area contributed by atoms with Crippen LogP contribution in [0.1, 0.15) is 44.9 Å². The molecule has 22 heavy (non-hydrogen) atoms. The Kier molecular flexibility index (Phi) is 4.46. The average molecular weight is 299 g/mol. The van der Waals surface area contributed by atoms with Crippen LogP contribution in [0.4, 0.5) is 10.1 Å². The summed E-state index contributed by atoms with van der Waals surface area (Å²) in [5.74, 6) is -1.76. The first-order valence-corrected chi connectivity index (χ1v) is 6.62. The highest BCUT2D eigenvalue weighted by molar-refractivity contribution is 6.12. The van der Waals surface area contributed by atoms with Crippen molar-refractivity contribution in [1.29, 1.82) is 0 Å². The predicted octanol–water partition coefficient (Wildman–Crippen LogP) is 3.48. The van der Waals surface area contributed by atoms with Gasteiger partial charge in [0.05, 0.1) is 11.3 Å². The number of ketones is 2. The molecule has 0 bridgehead atoms. The number of carbonyl (C=O) groups excluding carboxylic acids is 3. The molecule has 0 spiro atoms. The third-order valence-corrected chi connectivity index (χ3v) is 3.17. The maximum atomic E-state index is 13.8. The van der Waals surface area contributed by atoms with Gasteiger partial charge in [0.25, 0.3) is 5.91 Å². The number of nitrogens with one attached hydrogen (secondary N) is 1. The molecule has 0 saturated carbocycles. The van der Waals surface area contributed by atoms with E-state index in [0.29, 0.717) is 0 Å². The molecular formula is C17H14FNO3.